The molecule has 16 heavy (non-hydrogen) atoms. The SMILES string of the molecule is CC(=O)C1C=Nc2cc(Cl)c(F)cc2C1=O. The van der Waals surface area contributed by atoms with Gasteiger partial charge in [0.05, 0.1) is 10.7 Å². The number of nitrogens with zero attached hydrogens (tertiary/aromatic N) is 1. The molecule has 1 aliphatic rings. The monoisotopic (exact) mass is 239 g/mol. The topological polar surface area (TPSA) is 46.5 Å². The molecule has 1 aliphatic heterocycles. The Morgan fingerprint density at radius 1 is 1.50 bits per heavy atom. The third-order valence-electron chi connectivity index (χ3n) is 2.39. The molecule has 5 heteroatoms. The van der Waals surface area contributed by atoms with Crippen molar-refractivity contribution in [3.8, 4) is 0 Å². The first kappa shape index (κ1) is 11.0. The number of benzene rings is 1. The number of halogens is 2. The number of fused-ring (bicyclic) bond motifs is 1. The summed E-state index contributed by atoms with van der Waals surface area (Å²) in [4.78, 5) is 26.9. The molecule has 0 bridgehead atoms. The Bertz CT molecular complexity index is 525. The van der Waals surface area contributed by atoms with E-state index in [9.17, 15) is 14.0 Å². The van der Waals surface area contributed by atoms with Gasteiger partial charge in [0, 0.05) is 11.8 Å². The molecule has 0 saturated carbocycles. The van der Waals surface area contributed by atoms with Gasteiger partial charge in [0.1, 0.15) is 17.5 Å². The van der Waals surface area contributed by atoms with E-state index in [0.717, 1.165) is 6.07 Å². The van der Waals surface area contributed by atoms with E-state index < -0.39 is 17.5 Å². The van der Waals surface area contributed by atoms with Crippen LogP contribution < -0.4 is 0 Å². The Morgan fingerprint density at radius 2 is 2.19 bits per heavy atom. The first-order chi connectivity index (χ1) is 7.50. The molecule has 1 atom stereocenters. The van der Waals surface area contributed by atoms with Crippen molar-refractivity contribution < 1.29 is 14.0 Å². The molecule has 0 aromatic heterocycles. The standard InChI is InChI=1S/C11H7ClFNO2/c1-5(15)7-4-14-10-3-8(12)9(13)2-6(10)11(7)16/h2-4,7H,1H3. The van der Waals surface area contributed by atoms with Gasteiger partial charge in [0.15, 0.2) is 5.78 Å². The fourth-order valence-corrected chi connectivity index (χ4v) is 1.68. The quantitative estimate of drug-likeness (QED) is 0.707. The molecule has 1 heterocycles. The number of ketones is 2. The van der Waals surface area contributed by atoms with E-state index in [-0.39, 0.29) is 16.4 Å². The van der Waals surface area contributed by atoms with Crippen LogP contribution in [0.1, 0.15) is 17.3 Å². The fraction of sp³-hybridized carbons (Fsp3) is 0.182. The van der Waals surface area contributed by atoms with Gasteiger partial charge in [0.2, 0.25) is 0 Å². The van der Waals surface area contributed by atoms with E-state index in [1.54, 1.807) is 0 Å². The third kappa shape index (κ3) is 1.65. The van der Waals surface area contributed by atoms with E-state index in [2.05, 4.69) is 4.99 Å². The van der Waals surface area contributed by atoms with Crippen LogP contribution in [0.15, 0.2) is 17.1 Å². The highest BCUT2D eigenvalue weighted by molar-refractivity contribution is 6.31. The highest BCUT2D eigenvalue weighted by Gasteiger charge is 2.29. The van der Waals surface area contributed by atoms with Crippen LogP contribution in [0.2, 0.25) is 5.02 Å². The second-order valence-corrected chi connectivity index (χ2v) is 3.92. The largest absolute Gasteiger partial charge is 0.299 e. The van der Waals surface area contributed by atoms with Crippen LogP contribution in [0.5, 0.6) is 0 Å². The average Bonchev–Trinajstić information content (AvgIpc) is 2.21. The fourth-order valence-electron chi connectivity index (χ4n) is 1.52. The number of rotatable bonds is 1. The van der Waals surface area contributed by atoms with Crippen molar-refractivity contribution in [3.05, 3.63) is 28.5 Å². The molecule has 1 unspecified atom stereocenters. The second-order valence-electron chi connectivity index (χ2n) is 3.51. The second kappa shape index (κ2) is 3.79. The minimum atomic E-state index is -0.909. The van der Waals surface area contributed by atoms with Gasteiger partial charge in [-0.2, -0.15) is 0 Å². The van der Waals surface area contributed by atoms with E-state index in [4.69, 9.17) is 11.6 Å². The van der Waals surface area contributed by atoms with Crippen molar-refractivity contribution in [2.75, 3.05) is 0 Å². The van der Waals surface area contributed by atoms with Gasteiger partial charge in [-0.3, -0.25) is 14.6 Å². The van der Waals surface area contributed by atoms with E-state index in [1.807, 2.05) is 0 Å². The zero-order valence-electron chi connectivity index (χ0n) is 8.33. The van der Waals surface area contributed by atoms with Crippen molar-refractivity contribution in [1.29, 1.82) is 0 Å². The Kier molecular flexibility index (Phi) is 2.59. The van der Waals surface area contributed by atoms with Gasteiger partial charge in [-0.1, -0.05) is 11.6 Å². The van der Waals surface area contributed by atoms with Crippen LogP contribution in [0.4, 0.5) is 10.1 Å². The Labute approximate surface area is 95.9 Å². The van der Waals surface area contributed by atoms with Crippen LogP contribution in [0, 0.1) is 11.7 Å². The molecule has 0 fully saturated rings. The molecule has 0 spiro atoms. The lowest BCUT2D eigenvalue weighted by Crippen LogP contribution is -2.26. The summed E-state index contributed by atoms with van der Waals surface area (Å²) < 4.78 is 13.2. The van der Waals surface area contributed by atoms with Crippen molar-refractivity contribution in [2.24, 2.45) is 10.9 Å². The molecule has 1 aromatic rings. The summed E-state index contributed by atoms with van der Waals surface area (Å²) >= 11 is 5.57. The number of carbonyl (C=O) groups is 2. The third-order valence-corrected chi connectivity index (χ3v) is 2.68. The van der Waals surface area contributed by atoms with Crippen LogP contribution in [0.25, 0.3) is 0 Å². The molecule has 0 aliphatic carbocycles. The average molecular weight is 240 g/mol. The minimum Gasteiger partial charge on any atom is -0.299 e. The predicted octanol–water partition coefficient (Wildman–Crippen LogP) is 2.58. The van der Waals surface area contributed by atoms with E-state index in [1.165, 1.54) is 19.2 Å². The molecule has 0 radical (unpaired) electrons. The maximum absolute atomic E-state index is 13.2. The number of Topliss-reactive ketones (excluding diaryl/α,β-unsaturated/α-hetero) is 2. The first-order valence-corrected chi connectivity index (χ1v) is 4.96. The Morgan fingerprint density at radius 3 is 2.81 bits per heavy atom. The number of aliphatic imine (C=N–C) groups is 1. The summed E-state index contributed by atoms with van der Waals surface area (Å²) in [7, 11) is 0. The van der Waals surface area contributed by atoms with Crippen molar-refractivity contribution in [3.63, 3.8) is 0 Å². The molecular weight excluding hydrogens is 233 g/mol. The predicted molar refractivity (Wildman–Crippen MR) is 58.1 cm³/mol. The van der Waals surface area contributed by atoms with Gasteiger partial charge >= 0.3 is 0 Å². The van der Waals surface area contributed by atoms with Crippen molar-refractivity contribution in [2.45, 2.75) is 6.92 Å². The van der Waals surface area contributed by atoms with Gasteiger partial charge in [0.25, 0.3) is 0 Å². The van der Waals surface area contributed by atoms with Crippen LogP contribution in [-0.4, -0.2) is 17.8 Å². The van der Waals surface area contributed by atoms with Crippen LogP contribution >= 0.6 is 11.6 Å². The summed E-state index contributed by atoms with van der Waals surface area (Å²) in [6.45, 7) is 1.30. The molecular formula is C11H7ClFNO2. The van der Waals surface area contributed by atoms with Crippen LogP contribution in [0.3, 0.4) is 0 Å². The summed E-state index contributed by atoms with van der Waals surface area (Å²) in [5, 5.41) is -0.0926. The molecule has 2 rings (SSSR count). The molecule has 0 amide bonds. The molecule has 3 nitrogen and oxygen atoms in total. The Balaban J connectivity index is 2.56. The van der Waals surface area contributed by atoms with Gasteiger partial charge in [-0.05, 0) is 19.1 Å². The number of hydrogen-bond donors (Lipinski definition) is 0. The lowest BCUT2D eigenvalue weighted by atomic mass is 9.92. The molecule has 82 valence electrons. The van der Waals surface area contributed by atoms with Crippen molar-refractivity contribution >= 4 is 35.1 Å². The summed E-state index contributed by atoms with van der Waals surface area (Å²) in [5.74, 6) is -2.34. The van der Waals surface area contributed by atoms with Crippen LogP contribution in [-0.2, 0) is 4.79 Å². The summed E-state index contributed by atoms with van der Waals surface area (Å²) in [6.07, 6.45) is 1.27. The number of hydrogen-bond acceptors (Lipinski definition) is 3. The highest BCUT2D eigenvalue weighted by Crippen LogP contribution is 2.31. The molecule has 0 N–H and O–H groups in total. The van der Waals surface area contributed by atoms with E-state index in [0.29, 0.717) is 5.69 Å². The summed E-state index contributed by atoms with van der Waals surface area (Å²) in [6, 6.07) is 2.30. The zero-order valence-corrected chi connectivity index (χ0v) is 9.08. The number of carbonyl (C=O) groups excluding carboxylic acids is 2. The van der Waals surface area contributed by atoms with Gasteiger partial charge in [-0.15, -0.1) is 0 Å². The first-order valence-electron chi connectivity index (χ1n) is 4.58. The maximum Gasteiger partial charge on any atom is 0.180 e. The lowest BCUT2D eigenvalue weighted by molar-refractivity contribution is -0.117. The van der Waals surface area contributed by atoms with Gasteiger partial charge < -0.3 is 0 Å². The summed E-state index contributed by atoms with van der Waals surface area (Å²) in [5.41, 5.74) is 0.401. The lowest BCUT2D eigenvalue weighted by Gasteiger charge is -2.15. The van der Waals surface area contributed by atoms with Gasteiger partial charge in [-0.25, -0.2) is 4.39 Å². The normalized spacial score (nSPS) is 18.4. The molecule has 0 saturated heterocycles. The maximum atomic E-state index is 13.2. The zero-order chi connectivity index (χ0) is 11.9. The molecule has 1 aromatic carbocycles. The van der Waals surface area contributed by atoms with Crippen molar-refractivity contribution in [1.82, 2.24) is 0 Å². The highest BCUT2D eigenvalue weighted by atomic mass is 35.5. The smallest absolute Gasteiger partial charge is 0.180 e. The minimum absolute atomic E-state index is 0.0926. The van der Waals surface area contributed by atoms with E-state index >= 15 is 0 Å². The Hall–Kier alpha value is -1.55.